The maximum atomic E-state index is 13.2. The first-order valence-electron chi connectivity index (χ1n) is 10.5. The summed E-state index contributed by atoms with van der Waals surface area (Å²) in [5.41, 5.74) is 2.41. The lowest BCUT2D eigenvalue weighted by Gasteiger charge is -2.27. The van der Waals surface area contributed by atoms with Gasteiger partial charge >= 0.3 is 0 Å². The number of Topliss-reactive ketones (excluding diaryl/α,β-unsaturated/α-hetero) is 1. The van der Waals surface area contributed by atoms with Crippen LogP contribution in [0.1, 0.15) is 38.8 Å². The number of ketones is 1. The number of aromatic amines is 1. The van der Waals surface area contributed by atoms with Crippen LogP contribution in [-0.2, 0) is 9.59 Å². The van der Waals surface area contributed by atoms with E-state index in [0.29, 0.717) is 18.0 Å². The number of rotatable bonds is 7. The second-order valence-electron chi connectivity index (χ2n) is 8.08. The highest BCUT2D eigenvalue weighted by molar-refractivity contribution is 6.17. The second kappa shape index (κ2) is 8.30. The Bertz CT molecular complexity index is 1160. The Morgan fingerprint density at radius 2 is 1.87 bits per heavy atom. The Kier molecular flexibility index (Phi) is 5.55. The summed E-state index contributed by atoms with van der Waals surface area (Å²) in [6.45, 7) is 6.32. The standard InChI is InChI=1S/C25H26N2O4/c1-4-31-17-11-9-16(10-12-17)27-23(19-14-26-20-8-6-5-7-18(19)20)22(24(29)25(27)30)21(28)13-15(2)3/h5-12,14-15,23,26,29H,4,13H2,1-3H3. The van der Waals surface area contributed by atoms with Crippen LogP contribution in [0.2, 0.25) is 0 Å². The monoisotopic (exact) mass is 418 g/mol. The van der Waals surface area contributed by atoms with Gasteiger partial charge in [0.1, 0.15) is 5.75 Å². The number of nitrogens with one attached hydrogen (secondary N) is 1. The summed E-state index contributed by atoms with van der Waals surface area (Å²) in [5.74, 6) is -0.480. The maximum Gasteiger partial charge on any atom is 0.294 e. The molecule has 31 heavy (non-hydrogen) atoms. The van der Waals surface area contributed by atoms with Gasteiger partial charge in [-0.1, -0.05) is 32.0 Å². The zero-order chi connectivity index (χ0) is 22.1. The minimum atomic E-state index is -0.715. The largest absolute Gasteiger partial charge is 0.503 e. The van der Waals surface area contributed by atoms with Crippen molar-refractivity contribution in [2.75, 3.05) is 11.5 Å². The predicted molar refractivity (Wildman–Crippen MR) is 120 cm³/mol. The number of para-hydroxylation sites is 1. The number of carbonyl (C=O) groups is 2. The molecule has 4 rings (SSSR count). The van der Waals surface area contributed by atoms with Gasteiger partial charge in [0.25, 0.3) is 5.91 Å². The molecule has 0 saturated carbocycles. The number of nitrogens with zero attached hydrogens (tertiary/aromatic N) is 1. The fraction of sp³-hybridized carbons (Fsp3) is 0.280. The molecule has 0 bridgehead atoms. The van der Waals surface area contributed by atoms with Crippen LogP contribution in [0.4, 0.5) is 5.69 Å². The van der Waals surface area contributed by atoms with E-state index in [1.54, 1.807) is 24.3 Å². The highest BCUT2D eigenvalue weighted by Crippen LogP contribution is 2.44. The second-order valence-corrected chi connectivity index (χ2v) is 8.08. The van der Waals surface area contributed by atoms with Crippen molar-refractivity contribution in [1.29, 1.82) is 0 Å². The highest BCUT2D eigenvalue weighted by atomic mass is 16.5. The number of aliphatic hydroxyl groups is 1. The van der Waals surface area contributed by atoms with Crippen LogP contribution in [0.5, 0.6) is 5.75 Å². The number of amides is 1. The van der Waals surface area contributed by atoms with Crippen molar-refractivity contribution in [3.8, 4) is 5.75 Å². The number of ether oxygens (including phenoxy) is 1. The molecule has 0 saturated heterocycles. The van der Waals surface area contributed by atoms with Crippen molar-refractivity contribution < 1.29 is 19.4 Å². The van der Waals surface area contributed by atoms with Crippen LogP contribution in [0.25, 0.3) is 10.9 Å². The van der Waals surface area contributed by atoms with Gasteiger partial charge in [0, 0.05) is 34.8 Å². The van der Waals surface area contributed by atoms with Gasteiger partial charge in [-0.05, 0) is 43.2 Å². The highest BCUT2D eigenvalue weighted by Gasteiger charge is 2.45. The number of fused-ring (bicyclic) bond motifs is 1. The number of hydrogen-bond donors (Lipinski definition) is 2. The Morgan fingerprint density at radius 1 is 1.16 bits per heavy atom. The molecule has 6 nitrogen and oxygen atoms in total. The van der Waals surface area contributed by atoms with E-state index in [2.05, 4.69) is 4.98 Å². The summed E-state index contributed by atoms with van der Waals surface area (Å²) in [6, 6.07) is 14.1. The smallest absolute Gasteiger partial charge is 0.294 e. The molecular weight excluding hydrogens is 392 g/mol. The number of H-pyrrole nitrogens is 1. The third kappa shape index (κ3) is 3.69. The van der Waals surface area contributed by atoms with Crippen LogP contribution < -0.4 is 9.64 Å². The van der Waals surface area contributed by atoms with E-state index in [0.717, 1.165) is 16.5 Å². The van der Waals surface area contributed by atoms with Crippen molar-refractivity contribution in [1.82, 2.24) is 4.98 Å². The van der Waals surface area contributed by atoms with E-state index in [1.165, 1.54) is 4.90 Å². The Morgan fingerprint density at radius 3 is 2.55 bits per heavy atom. The van der Waals surface area contributed by atoms with E-state index in [4.69, 9.17) is 4.74 Å². The van der Waals surface area contributed by atoms with E-state index >= 15 is 0 Å². The summed E-state index contributed by atoms with van der Waals surface area (Å²) >= 11 is 0. The normalized spacial score (nSPS) is 16.6. The molecule has 0 fully saturated rings. The fourth-order valence-corrected chi connectivity index (χ4v) is 4.12. The van der Waals surface area contributed by atoms with Gasteiger partial charge in [0.2, 0.25) is 0 Å². The van der Waals surface area contributed by atoms with Crippen molar-refractivity contribution in [2.24, 2.45) is 5.92 Å². The van der Waals surface area contributed by atoms with Crippen LogP contribution in [0.3, 0.4) is 0 Å². The third-order valence-electron chi connectivity index (χ3n) is 5.44. The van der Waals surface area contributed by atoms with Gasteiger partial charge in [-0.3, -0.25) is 14.5 Å². The summed E-state index contributed by atoms with van der Waals surface area (Å²) in [5, 5.41) is 11.7. The fourth-order valence-electron chi connectivity index (χ4n) is 4.12. The molecule has 2 heterocycles. The summed E-state index contributed by atoms with van der Waals surface area (Å²) in [7, 11) is 0. The molecule has 0 radical (unpaired) electrons. The summed E-state index contributed by atoms with van der Waals surface area (Å²) < 4.78 is 5.51. The lowest BCUT2D eigenvalue weighted by molar-refractivity contribution is -0.118. The Labute approximate surface area is 181 Å². The zero-order valence-corrected chi connectivity index (χ0v) is 17.9. The molecule has 3 aromatic rings. The first-order chi connectivity index (χ1) is 14.9. The topological polar surface area (TPSA) is 82.6 Å². The summed E-state index contributed by atoms with van der Waals surface area (Å²) in [4.78, 5) is 31.0. The first kappa shape index (κ1) is 20.7. The quantitative estimate of drug-likeness (QED) is 0.560. The molecule has 1 amide bonds. The third-order valence-corrected chi connectivity index (χ3v) is 5.44. The molecule has 2 aromatic carbocycles. The first-order valence-corrected chi connectivity index (χ1v) is 10.5. The molecule has 2 N–H and O–H groups in total. The number of benzene rings is 2. The van der Waals surface area contributed by atoms with Crippen LogP contribution >= 0.6 is 0 Å². The minimum absolute atomic E-state index is 0.103. The molecule has 1 aliphatic heterocycles. The summed E-state index contributed by atoms with van der Waals surface area (Å²) in [6.07, 6.45) is 2.06. The molecule has 0 aliphatic carbocycles. The molecule has 1 aromatic heterocycles. The van der Waals surface area contributed by atoms with Gasteiger partial charge in [0.05, 0.1) is 18.2 Å². The SMILES string of the molecule is CCOc1ccc(N2C(=O)C(O)=C(C(=O)CC(C)C)C2c2c[nH]c3ccccc23)cc1. The lowest BCUT2D eigenvalue weighted by atomic mass is 9.92. The molecule has 6 heteroatoms. The minimum Gasteiger partial charge on any atom is -0.503 e. The molecule has 1 aliphatic rings. The van der Waals surface area contributed by atoms with Crippen LogP contribution in [0, 0.1) is 5.92 Å². The van der Waals surface area contributed by atoms with Crippen molar-refractivity contribution >= 4 is 28.3 Å². The molecule has 1 atom stereocenters. The predicted octanol–water partition coefficient (Wildman–Crippen LogP) is 5.08. The number of carbonyl (C=O) groups excluding carboxylic acids is 2. The number of aliphatic hydroxyl groups excluding tert-OH is 1. The maximum absolute atomic E-state index is 13.2. The molecular formula is C25H26N2O4. The van der Waals surface area contributed by atoms with Gasteiger partial charge in [-0.25, -0.2) is 0 Å². The number of aromatic nitrogens is 1. The zero-order valence-electron chi connectivity index (χ0n) is 17.9. The van der Waals surface area contributed by atoms with E-state index in [9.17, 15) is 14.7 Å². The lowest BCUT2D eigenvalue weighted by Crippen LogP contribution is -2.31. The van der Waals surface area contributed by atoms with Crippen molar-refractivity contribution in [3.63, 3.8) is 0 Å². The van der Waals surface area contributed by atoms with E-state index in [1.807, 2.05) is 51.2 Å². The van der Waals surface area contributed by atoms with Gasteiger partial charge in [-0.2, -0.15) is 0 Å². The average Bonchev–Trinajstić information content (AvgIpc) is 3.27. The van der Waals surface area contributed by atoms with Crippen LogP contribution in [-0.4, -0.2) is 28.4 Å². The number of anilines is 1. The van der Waals surface area contributed by atoms with Gasteiger partial charge < -0.3 is 14.8 Å². The Balaban J connectivity index is 1.86. The van der Waals surface area contributed by atoms with Crippen LogP contribution in [0.15, 0.2) is 66.1 Å². The van der Waals surface area contributed by atoms with E-state index < -0.39 is 17.7 Å². The van der Waals surface area contributed by atoms with Gasteiger partial charge in [0.15, 0.2) is 11.5 Å². The van der Waals surface area contributed by atoms with Gasteiger partial charge in [-0.15, -0.1) is 0 Å². The molecule has 1 unspecified atom stereocenters. The molecule has 0 spiro atoms. The molecule has 160 valence electrons. The van der Waals surface area contributed by atoms with Crippen molar-refractivity contribution in [3.05, 3.63) is 71.6 Å². The Hall–Kier alpha value is -3.54. The van der Waals surface area contributed by atoms with E-state index in [-0.39, 0.29) is 23.7 Å². The van der Waals surface area contributed by atoms with Crippen molar-refractivity contribution in [2.45, 2.75) is 33.2 Å². The average molecular weight is 418 g/mol. The number of hydrogen-bond acceptors (Lipinski definition) is 4.